The van der Waals surface area contributed by atoms with Crippen LogP contribution in [0.25, 0.3) is 0 Å². The lowest BCUT2D eigenvalue weighted by Gasteiger charge is -2.17. The monoisotopic (exact) mass is 282 g/mol. The molecule has 1 N–H and O–H groups in total. The predicted octanol–water partition coefficient (Wildman–Crippen LogP) is 1.42. The number of thioether (sulfide) groups is 1. The van der Waals surface area contributed by atoms with E-state index in [2.05, 4.69) is 34.0 Å². The first-order chi connectivity index (χ1) is 9.26. The maximum Gasteiger partial charge on any atom is 0.230 e. The number of nitrogens with one attached hydrogen (secondary N) is 1. The van der Waals surface area contributed by atoms with Crippen molar-refractivity contribution in [2.45, 2.75) is 25.4 Å². The van der Waals surface area contributed by atoms with Gasteiger partial charge in [-0.1, -0.05) is 25.6 Å². The molecular weight excluding hydrogens is 260 g/mol. The second kappa shape index (κ2) is 9.75. The highest BCUT2D eigenvalue weighted by atomic mass is 32.2. The number of amides is 1. The van der Waals surface area contributed by atoms with E-state index >= 15 is 0 Å². The molecule has 0 aliphatic heterocycles. The van der Waals surface area contributed by atoms with Gasteiger partial charge >= 0.3 is 0 Å². The molecule has 0 fully saturated rings. The van der Waals surface area contributed by atoms with Crippen molar-refractivity contribution >= 4 is 17.7 Å². The fourth-order valence-electron chi connectivity index (χ4n) is 1.61. The van der Waals surface area contributed by atoms with Gasteiger partial charge in [0.25, 0.3) is 0 Å². The van der Waals surface area contributed by atoms with Gasteiger partial charge in [0.2, 0.25) is 5.91 Å². The van der Waals surface area contributed by atoms with Gasteiger partial charge < -0.3 is 10.2 Å². The molecule has 0 saturated heterocycles. The Morgan fingerprint density at radius 2 is 2.00 bits per heavy atom. The largest absolute Gasteiger partial charge is 0.355 e. The minimum absolute atomic E-state index is 0.0389. The van der Waals surface area contributed by atoms with Crippen LogP contribution in [-0.4, -0.2) is 52.7 Å². The molecule has 0 atom stereocenters. The molecule has 1 rings (SSSR count). The Hall–Kier alpha value is -1.14. The third-order valence-electron chi connectivity index (χ3n) is 2.74. The fraction of sp³-hybridized carbons (Fsp3) is 0.615. The molecule has 0 bridgehead atoms. The molecule has 0 aliphatic carbocycles. The number of nitrogens with zero attached hydrogens (tertiary/aromatic N) is 3. The lowest BCUT2D eigenvalue weighted by atomic mass is 10.3. The predicted molar refractivity (Wildman–Crippen MR) is 78.2 cm³/mol. The summed E-state index contributed by atoms with van der Waals surface area (Å²) in [7, 11) is 0. The Morgan fingerprint density at radius 1 is 1.32 bits per heavy atom. The van der Waals surface area contributed by atoms with E-state index in [9.17, 15) is 4.79 Å². The van der Waals surface area contributed by atoms with Crippen LogP contribution in [0.3, 0.4) is 0 Å². The quantitative estimate of drug-likeness (QED) is 0.422. The molecule has 0 saturated carbocycles. The van der Waals surface area contributed by atoms with Crippen molar-refractivity contribution in [2.75, 3.05) is 31.9 Å². The van der Waals surface area contributed by atoms with Crippen molar-refractivity contribution in [3.63, 3.8) is 0 Å². The zero-order chi connectivity index (χ0) is 13.9. The van der Waals surface area contributed by atoms with Crippen LogP contribution in [0.1, 0.15) is 20.3 Å². The molecule has 0 aromatic carbocycles. The summed E-state index contributed by atoms with van der Waals surface area (Å²) >= 11 is 1.36. The minimum Gasteiger partial charge on any atom is -0.355 e. The van der Waals surface area contributed by atoms with Crippen molar-refractivity contribution in [1.29, 1.82) is 0 Å². The van der Waals surface area contributed by atoms with Crippen LogP contribution in [0.15, 0.2) is 23.6 Å². The summed E-state index contributed by atoms with van der Waals surface area (Å²) < 4.78 is 0. The average molecular weight is 282 g/mol. The van der Waals surface area contributed by atoms with Crippen molar-refractivity contribution in [3.8, 4) is 0 Å². The van der Waals surface area contributed by atoms with Crippen molar-refractivity contribution in [2.24, 2.45) is 0 Å². The van der Waals surface area contributed by atoms with Crippen LogP contribution in [0.4, 0.5) is 0 Å². The smallest absolute Gasteiger partial charge is 0.230 e. The Balaban J connectivity index is 2.08. The first-order valence-electron chi connectivity index (χ1n) is 6.65. The molecule has 5 nitrogen and oxygen atoms in total. The van der Waals surface area contributed by atoms with E-state index in [1.165, 1.54) is 11.8 Å². The zero-order valence-corrected chi connectivity index (χ0v) is 12.4. The first kappa shape index (κ1) is 15.9. The zero-order valence-electron chi connectivity index (χ0n) is 11.6. The molecule has 1 heterocycles. The average Bonchev–Trinajstić information content (AvgIpc) is 2.46. The molecule has 1 aromatic heterocycles. The fourth-order valence-corrected chi connectivity index (χ4v) is 2.24. The SMILES string of the molecule is CCN(CC)CCCNC(=O)CSc1ncccn1. The van der Waals surface area contributed by atoms with Crippen LogP contribution < -0.4 is 5.32 Å². The van der Waals surface area contributed by atoms with Gasteiger partial charge in [-0.05, 0) is 32.1 Å². The molecule has 106 valence electrons. The van der Waals surface area contributed by atoms with E-state index in [1.54, 1.807) is 18.5 Å². The lowest BCUT2D eigenvalue weighted by molar-refractivity contribution is -0.118. The summed E-state index contributed by atoms with van der Waals surface area (Å²) in [5.41, 5.74) is 0. The Kier molecular flexibility index (Phi) is 8.16. The van der Waals surface area contributed by atoms with Gasteiger partial charge in [-0.25, -0.2) is 9.97 Å². The van der Waals surface area contributed by atoms with Gasteiger partial charge in [0.15, 0.2) is 5.16 Å². The summed E-state index contributed by atoms with van der Waals surface area (Å²) in [6.45, 7) is 8.18. The van der Waals surface area contributed by atoms with E-state index in [0.717, 1.165) is 32.6 Å². The molecule has 0 radical (unpaired) electrons. The molecular formula is C13H22N4OS. The van der Waals surface area contributed by atoms with Crippen LogP contribution in [-0.2, 0) is 4.79 Å². The van der Waals surface area contributed by atoms with E-state index < -0.39 is 0 Å². The Morgan fingerprint density at radius 3 is 2.63 bits per heavy atom. The van der Waals surface area contributed by atoms with E-state index in [0.29, 0.717) is 10.9 Å². The highest BCUT2D eigenvalue weighted by molar-refractivity contribution is 7.99. The molecule has 0 unspecified atom stereocenters. The summed E-state index contributed by atoms with van der Waals surface area (Å²) in [6.07, 6.45) is 4.34. The van der Waals surface area contributed by atoms with Crippen molar-refractivity contribution in [3.05, 3.63) is 18.5 Å². The Labute approximate surface area is 119 Å². The first-order valence-corrected chi connectivity index (χ1v) is 7.63. The molecule has 6 heteroatoms. The van der Waals surface area contributed by atoms with Gasteiger partial charge in [-0.2, -0.15) is 0 Å². The number of hydrogen-bond donors (Lipinski definition) is 1. The number of carbonyl (C=O) groups excluding carboxylic acids is 1. The highest BCUT2D eigenvalue weighted by Gasteiger charge is 2.04. The van der Waals surface area contributed by atoms with Crippen LogP contribution in [0.2, 0.25) is 0 Å². The minimum atomic E-state index is 0.0389. The summed E-state index contributed by atoms with van der Waals surface area (Å²) in [6, 6.07) is 1.76. The van der Waals surface area contributed by atoms with Crippen LogP contribution >= 0.6 is 11.8 Å². The van der Waals surface area contributed by atoms with E-state index in [-0.39, 0.29) is 5.91 Å². The van der Waals surface area contributed by atoms with Crippen LogP contribution in [0, 0.1) is 0 Å². The topological polar surface area (TPSA) is 58.1 Å². The normalized spacial score (nSPS) is 10.7. The number of carbonyl (C=O) groups is 1. The summed E-state index contributed by atoms with van der Waals surface area (Å²) in [5.74, 6) is 0.409. The molecule has 19 heavy (non-hydrogen) atoms. The molecule has 1 amide bonds. The summed E-state index contributed by atoms with van der Waals surface area (Å²) in [5, 5.41) is 3.55. The van der Waals surface area contributed by atoms with Gasteiger partial charge in [0.05, 0.1) is 5.75 Å². The van der Waals surface area contributed by atoms with Gasteiger partial charge in [-0.3, -0.25) is 4.79 Å². The highest BCUT2D eigenvalue weighted by Crippen LogP contribution is 2.09. The van der Waals surface area contributed by atoms with Gasteiger partial charge in [0.1, 0.15) is 0 Å². The van der Waals surface area contributed by atoms with Crippen molar-refractivity contribution < 1.29 is 4.79 Å². The van der Waals surface area contributed by atoms with E-state index in [1.807, 2.05) is 0 Å². The summed E-state index contributed by atoms with van der Waals surface area (Å²) in [4.78, 5) is 22.1. The maximum atomic E-state index is 11.6. The van der Waals surface area contributed by atoms with Gasteiger partial charge in [0, 0.05) is 18.9 Å². The Bertz CT molecular complexity index is 357. The number of aromatic nitrogens is 2. The van der Waals surface area contributed by atoms with Crippen LogP contribution in [0.5, 0.6) is 0 Å². The number of rotatable bonds is 9. The van der Waals surface area contributed by atoms with Gasteiger partial charge in [-0.15, -0.1) is 0 Å². The third kappa shape index (κ3) is 7.12. The standard InChI is InChI=1S/C13H22N4OS/c1-3-17(4-2)10-6-9-14-12(18)11-19-13-15-7-5-8-16-13/h5,7-8H,3-4,6,9-11H2,1-2H3,(H,14,18). The molecule has 0 spiro atoms. The maximum absolute atomic E-state index is 11.6. The third-order valence-corrected chi connectivity index (χ3v) is 3.62. The molecule has 1 aromatic rings. The van der Waals surface area contributed by atoms with Crippen molar-refractivity contribution in [1.82, 2.24) is 20.2 Å². The second-order valence-corrected chi connectivity index (χ2v) is 4.99. The van der Waals surface area contributed by atoms with E-state index in [4.69, 9.17) is 0 Å². The number of hydrogen-bond acceptors (Lipinski definition) is 5. The second-order valence-electron chi connectivity index (χ2n) is 4.05. The molecule has 0 aliphatic rings. The lowest BCUT2D eigenvalue weighted by Crippen LogP contribution is -2.30.